The second kappa shape index (κ2) is 12.8. The molecule has 1 amide bonds. The summed E-state index contributed by atoms with van der Waals surface area (Å²) >= 11 is 0. The quantitative estimate of drug-likeness (QED) is 0.396. The Kier molecular flexibility index (Phi) is 9.54. The van der Waals surface area contributed by atoms with Gasteiger partial charge in [-0.15, -0.1) is 0 Å². The number of ether oxygens (including phenoxy) is 1. The number of cyclic esters (lactones) is 1. The highest BCUT2D eigenvalue weighted by atomic mass is 16.6. The number of hydrogen-bond donors (Lipinski definition) is 2. The van der Waals surface area contributed by atoms with Crippen LogP contribution in [0.2, 0.25) is 0 Å². The fourth-order valence-corrected chi connectivity index (χ4v) is 4.22. The van der Waals surface area contributed by atoms with Crippen molar-refractivity contribution in [2.45, 2.75) is 70.8 Å². The molecule has 2 N–H and O–H groups in total. The summed E-state index contributed by atoms with van der Waals surface area (Å²) in [6.45, 7) is 1.90. The first-order valence-electron chi connectivity index (χ1n) is 11.8. The molecule has 33 heavy (non-hydrogen) atoms. The van der Waals surface area contributed by atoms with Gasteiger partial charge < -0.3 is 20.0 Å². The molecule has 0 aromatic heterocycles. The first-order valence-corrected chi connectivity index (χ1v) is 11.8. The van der Waals surface area contributed by atoms with Crippen LogP contribution >= 0.6 is 0 Å². The minimum absolute atomic E-state index is 0.0687. The van der Waals surface area contributed by atoms with Crippen LogP contribution in [0.3, 0.4) is 0 Å². The number of nitrogens with one attached hydrogen (secondary N) is 1. The van der Waals surface area contributed by atoms with E-state index in [-0.39, 0.29) is 30.7 Å². The molecule has 1 aromatic rings. The minimum atomic E-state index is -0.427. The molecule has 1 aliphatic heterocycles. The van der Waals surface area contributed by atoms with E-state index in [1.165, 1.54) is 6.42 Å². The zero-order chi connectivity index (χ0) is 23.5. The smallest absolute Gasteiger partial charge is 0.338 e. The van der Waals surface area contributed by atoms with E-state index in [2.05, 4.69) is 16.5 Å². The Bertz CT molecular complexity index is 914. The lowest BCUT2D eigenvalue weighted by atomic mass is 9.95. The second-order valence-corrected chi connectivity index (χ2v) is 8.61. The van der Waals surface area contributed by atoms with Crippen molar-refractivity contribution in [2.24, 2.45) is 5.16 Å². The number of aromatic hydroxyl groups is 1. The highest BCUT2D eigenvalue weighted by Gasteiger charge is 2.19. The Balaban J connectivity index is 1.75. The third-order valence-electron chi connectivity index (χ3n) is 5.82. The molecule has 2 aliphatic rings. The monoisotopic (exact) mass is 454 g/mol. The van der Waals surface area contributed by atoms with Crippen molar-refractivity contribution < 1.29 is 24.3 Å². The lowest BCUT2D eigenvalue weighted by Crippen LogP contribution is -2.38. The van der Waals surface area contributed by atoms with Gasteiger partial charge in [0.1, 0.15) is 5.75 Å². The number of phenolic OH excluding ortho intramolecular Hbond substituents is 1. The Hall–Kier alpha value is -3.09. The van der Waals surface area contributed by atoms with E-state index in [0.29, 0.717) is 35.4 Å². The number of hydrogen-bond acceptors (Lipinski definition) is 6. The van der Waals surface area contributed by atoms with Gasteiger partial charge in [0.25, 0.3) is 5.91 Å². The average molecular weight is 455 g/mol. The van der Waals surface area contributed by atoms with Crippen LogP contribution in [-0.2, 0) is 20.8 Å². The number of nitrogens with zero attached hydrogens (tertiary/aromatic N) is 1. The molecule has 0 unspecified atom stereocenters. The predicted molar refractivity (Wildman–Crippen MR) is 127 cm³/mol. The van der Waals surface area contributed by atoms with E-state index < -0.39 is 5.97 Å². The van der Waals surface area contributed by atoms with Crippen molar-refractivity contribution in [2.75, 3.05) is 13.2 Å². The van der Waals surface area contributed by atoms with Gasteiger partial charge >= 0.3 is 5.97 Å². The van der Waals surface area contributed by atoms with Crippen LogP contribution in [0.15, 0.2) is 41.6 Å². The molecule has 1 aromatic carbocycles. The van der Waals surface area contributed by atoms with Gasteiger partial charge in [-0.3, -0.25) is 4.79 Å². The Morgan fingerprint density at radius 3 is 2.73 bits per heavy atom. The number of amides is 1. The van der Waals surface area contributed by atoms with Crippen molar-refractivity contribution >= 4 is 17.6 Å². The number of fused-ring (bicyclic) bond motifs is 1. The topological polar surface area (TPSA) is 97.2 Å². The van der Waals surface area contributed by atoms with Gasteiger partial charge in [0.15, 0.2) is 6.61 Å². The molecule has 7 heteroatoms. The van der Waals surface area contributed by atoms with Crippen LogP contribution in [0.5, 0.6) is 5.75 Å². The van der Waals surface area contributed by atoms with Crippen molar-refractivity contribution in [3.8, 4) is 5.75 Å². The number of oxime groups is 1. The predicted octanol–water partition coefficient (Wildman–Crippen LogP) is 4.52. The van der Waals surface area contributed by atoms with E-state index in [1.54, 1.807) is 19.1 Å². The third kappa shape index (κ3) is 8.08. The number of carbonyl (C=O) groups excluding carboxylic acids is 2. The maximum Gasteiger partial charge on any atom is 0.338 e. The van der Waals surface area contributed by atoms with Gasteiger partial charge in [-0.25, -0.2) is 4.79 Å². The van der Waals surface area contributed by atoms with Crippen LogP contribution < -0.4 is 5.32 Å². The number of carbonyl (C=O) groups is 2. The fourth-order valence-electron chi connectivity index (χ4n) is 4.22. The molecule has 0 saturated heterocycles. The number of esters is 1. The Labute approximate surface area is 195 Å². The molecule has 1 saturated carbocycles. The van der Waals surface area contributed by atoms with Crippen molar-refractivity contribution in [1.82, 2.24) is 5.32 Å². The number of aryl methyl sites for hydroxylation is 1. The van der Waals surface area contributed by atoms with Gasteiger partial charge in [0.2, 0.25) is 0 Å². The number of allylic oxidation sites excluding steroid dienone is 3. The number of rotatable bonds is 4. The second-order valence-electron chi connectivity index (χ2n) is 8.61. The Morgan fingerprint density at radius 1 is 1.15 bits per heavy atom. The summed E-state index contributed by atoms with van der Waals surface area (Å²) in [5, 5.41) is 17.3. The third-order valence-corrected chi connectivity index (χ3v) is 5.82. The lowest BCUT2D eigenvalue weighted by Gasteiger charge is -2.22. The summed E-state index contributed by atoms with van der Waals surface area (Å²) in [5.41, 5.74) is 2.21. The highest BCUT2D eigenvalue weighted by Crippen LogP contribution is 2.24. The zero-order valence-corrected chi connectivity index (χ0v) is 19.3. The van der Waals surface area contributed by atoms with Crippen LogP contribution in [0.1, 0.15) is 72.9 Å². The summed E-state index contributed by atoms with van der Waals surface area (Å²) in [6, 6.07) is 3.31. The zero-order valence-electron chi connectivity index (χ0n) is 19.3. The van der Waals surface area contributed by atoms with Gasteiger partial charge in [0.05, 0.1) is 17.9 Å². The van der Waals surface area contributed by atoms with Crippen molar-refractivity contribution in [1.29, 1.82) is 0 Å². The highest BCUT2D eigenvalue weighted by molar-refractivity contribution is 6.00. The summed E-state index contributed by atoms with van der Waals surface area (Å²) in [5.74, 6) is -0.540. The van der Waals surface area contributed by atoms with Crippen LogP contribution in [0.25, 0.3) is 0 Å². The molecular formula is C26H34N2O5. The molecule has 178 valence electrons. The average Bonchev–Trinajstić information content (AvgIpc) is 2.77. The van der Waals surface area contributed by atoms with Crippen LogP contribution in [-0.4, -0.2) is 42.0 Å². The molecule has 0 atom stereocenters. The molecule has 1 heterocycles. The molecule has 3 rings (SSSR count). The molecule has 0 radical (unpaired) electrons. The maximum atomic E-state index is 12.7. The van der Waals surface area contributed by atoms with E-state index in [1.807, 2.05) is 18.2 Å². The maximum absolute atomic E-state index is 12.7. The standard InChI is InChI=1S/C26H34N2O5/c1-19-15-23(29)17-20-16-22(28-33-18-24(30)27-21-11-8-6-9-12-21)13-7-4-2-3-5-10-14-32-26(31)25(19)20/h3,5,7,13,15,17,21,29H,2,4,6,8-12,14,16,18H2,1H3,(H,27,30)/b5-3+,13-7+,28-22-. The van der Waals surface area contributed by atoms with Crippen molar-refractivity contribution in [3.05, 3.63) is 53.1 Å². The molecule has 1 aliphatic carbocycles. The van der Waals surface area contributed by atoms with E-state index in [4.69, 9.17) is 9.57 Å². The van der Waals surface area contributed by atoms with Crippen LogP contribution in [0.4, 0.5) is 0 Å². The summed E-state index contributed by atoms with van der Waals surface area (Å²) in [4.78, 5) is 30.4. The van der Waals surface area contributed by atoms with Gasteiger partial charge in [-0.05, 0) is 68.4 Å². The van der Waals surface area contributed by atoms with Gasteiger partial charge in [-0.1, -0.05) is 42.6 Å². The van der Waals surface area contributed by atoms with Crippen molar-refractivity contribution in [3.63, 3.8) is 0 Å². The summed E-state index contributed by atoms with van der Waals surface area (Å²) in [7, 11) is 0. The van der Waals surface area contributed by atoms with Gasteiger partial charge in [-0.2, -0.15) is 0 Å². The summed E-state index contributed by atoms with van der Waals surface area (Å²) in [6.07, 6.45) is 16.0. The molecular weight excluding hydrogens is 420 g/mol. The molecule has 1 fully saturated rings. The largest absolute Gasteiger partial charge is 0.508 e. The molecule has 0 spiro atoms. The van der Waals surface area contributed by atoms with E-state index >= 15 is 0 Å². The molecule has 7 nitrogen and oxygen atoms in total. The van der Waals surface area contributed by atoms with Crippen LogP contribution in [0, 0.1) is 6.92 Å². The number of benzene rings is 1. The fraction of sp³-hybridized carbons (Fsp3) is 0.500. The molecule has 0 bridgehead atoms. The SMILES string of the molecule is Cc1cc(O)cc2c1C(=O)OCC/C=C/CC/C=C/C(=N/OCC(=O)NC1CCCCC1)C2. The lowest BCUT2D eigenvalue weighted by molar-refractivity contribution is -0.126. The number of phenols is 1. The van der Waals surface area contributed by atoms with E-state index in [9.17, 15) is 14.7 Å². The normalized spacial score (nSPS) is 21.4. The Morgan fingerprint density at radius 2 is 1.91 bits per heavy atom. The first-order chi connectivity index (χ1) is 16.0. The minimum Gasteiger partial charge on any atom is -0.508 e. The first kappa shape index (κ1) is 24.6. The van der Waals surface area contributed by atoms with Gasteiger partial charge in [0, 0.05) is 12.5 Å². The summed E-state index contributed by atoms with van der Waals surface area (Å²) < 4.78 is 5.44. The van der Waals surface area contributed by atoms with E-state index in [0.717, 1.165) is 38.5 Å².